The van der Waals surface area contributed by atoms with Gasteiger partial charge >= 0.3 is 0 Å². The first kappa shape index (κ1) is 18.5. The van der Waals surface area contributed by atoms with Gasteiger partial charge in [-0.3, -0.25) is 9.59 Å². The van der Waals surface area contributed by atoms with Crippen LogP contribution in [-0.2, 0) is 19.4 Å². The van der Waals surface area contributed by atoms with Crippen molar-refractivity contribution in [1.82, 2.24) is 4.90 Å². The molecule has 2 rings (SSSR count). The van der Waals surface area contributed by atoms with Crippen molar-refractivity contribution in [2.45, 2.75) is 6.42 Å². The number of amides is 2. The normalized spacial score (nSPS) is 18.9. The van der Waals surface area contributed by atoms with E-state index in [1.807, 2.05) is 0 Å². The molecule has 0 aromatic heterocycles. The van der Waals surface area contributed by atoms with E-state index >= 15 is 0 Å². The zero-order valence-electron chi connectivity index (χ0n) is 13.4. The zero-order valence-corrected chi connectivity index (χ0v) is 15.0. The highest BCUT2D eigenvalue weighted by Gasteiger charge is 2.34. The highest BCUT2D eigenvalue weighted by atomic mass is 35.5. The molecule has 1 heterocycles. The highest BCUT2D eigenvalue weighted by Crippen LogP contribution is 2.27. The van der Waals surface area contributed by atoms with Crippen LogP contribution in [0.2, 0.25) is 5.02 Å². The number of methoxy groups -OCH3 is 1. The lowest BCUT2D eigenvalue weighted by atomic mass is 10.1. The SMILES string of the molecule is COc1ccc(Cl)cc1NC(=O)CN(C)C(=O)C1CCS(=O)(=O)C1. The molecule has 1 saturated heterocycles. The van der Waals surface area contributed by atoms with Gasteiger partial charge in [0.15, 0.2) is 9.84 Å². The second kappa shape index (κ2) is 7.40. The first-order chi connectivity index (χ1) is 11.2. The number of carbonyl (C=O) groups is 2. The Morgan fingerprint density at radius 1 is 1.42 bits per heavy atom. The fraction of sp³-hybridized carbons (Fsp3) is 0.467. The number of ether oxygens (including phenoxy) is 1. The third-order valence-corrected chi connectivity index (χ3v) is 5.78. The molecule has 0 aliphatic carbocycles. The molecule has 1 unspecified atom stereocenters. The maximum absolute atomic E-state index is 12.2. The molecule has 1 aliphatic heterocycles. The van der Waals surface area contributed by atoms with Crippen LogP contribution in [0.4, 0.5) is 5.69 Å². The number of likely N-dealkylation sites (N-methyl/N-ethyl adjacent to an activating group) is 1. The molecule has 1 atom stereocenters. The Balaban J connectivity index is 1.97. The average Bonchev–Trinajstić information content (AvgIpc) is 2.86. The van der Waals surface area contributed by atoms with Crippen LogP contribution in [0.25, 0.3) is 0 Å². The van der Waals surface area contributed by atoms with Crippen molar-refractivity contribution in [1.29, 1.82) is 0 Å². The second-order valence-electron chi connectivity index (χ2n) is 5.69. The summed E-state index contributed by atoms with van der Waals surface area (Å²) in [6.45, 7) is -0.189. The lowest BCUT2D eigenvalue weighted by Crippen LogP contribution is -2.39. The van der Waals surface area contributed by atoms with Crippen molar-refractivity contribution < 1.29 is 22.7 Å². The minimum Gasteiger partial charge on any atom is -0.495 e. The van der Waals surface area contributed by atoms with Gasteiger partial charge in [-0.2, -0.15) is 0 Å². The van der Waals surface area contributed by atoms with Crippen molar-refractivity contribution in [3.05, 3.63) is 23.2 Å². The molecular weight excluding hydrogens is 356 g/mol. The Morgan fingerprint density at radius 2 is 2.12 bits per heavy atom. The summed E-state index contributed by atoms with van der Waals surface area (Å²) >= 11 is 5.90. The third kappa shape index (κ3) is 4.61. The van der Waals surface area contributed by atoms with Crippen LogP contribution in [0.3, 0.4) is 0 Å². The summed E-state index contributed by atoms with van der Waals surface area (Å²) < 4.78 is 28.1. The highest BCUT2D eigenvalue weighted by molar-refractivity contribution is 7.91. The molecule has 1 aliphatic rings. The van der Waals surface area contributed by atoms with Gasteiger partial charge in [0.1, 0.15) is 5.75 Å². The molecule has 24 heavy (non-hydrogen) atoms. The summed E-state index contributed by atoms with van der Waals surface area (Å²) in [4.78, 5) is 25.6. The second-order valence-corrected chi connectivity index (χ2v) is 8.35. The van der Waals surface area contributed by atoms with Crippen LogP contribution in [-0.4, -0.2) is 57.3 Å². The van der Waals surface area contributed by atoms with E-state index in [2.05, 4.69) is 5.32 Å². The Labute approximate surface area is 145 Å². The number of benzene rings is 1. The number of hydrogen-bond acceptors (Lipinski definition) is 5. The number of sulfone groups is 1. The molecule has 0 bridgehead atoms. The average molecular weight is 375 g/mol. The predicted molar refractivity (Wildman–Crippen MR) is 91.0 cm³/mol. The van der Waals surface area contributed by atoms with Crippen molar-refractivity contribution in [2.24, 2.45) is 5.92 Å². The van der Waals surface area contributed by atoms with Gasteiger partial charge in [0.05, 0.1) is 36.8 Å². The van der Waals surface area contributed by atoms with E-state index in [4.69, 9.17) is 16.3 Å². The fourth-order valence-corrected chi connectivity index (χ4v) is 4.47. The molecule has 9 heteroatoms. The van der Waals surface area contributed by atoms with Crippen LogP contribution in [0.1, 0.15) is 6.42 Å². The largest absolute Gasteiger partial charge is 0.495 e. The van der Waals surface area contributed by atoms with E-state index in [-0.39, 0.29) is 24.0 Å². The predicted octanol–water partition coefficient (Wildman–Crippen LogP) is 1.18. The van der Waals surface area contributed by atoms with Gasteiger partial charge in [0, 0.05) is 12.1 Å². The van der Waals surface area contributed by atoms with E-state index in [0.29, 0.717) is 22.9 Å². The number of nitrogens with zero attached hydrogens (tertiary/aromatic N) is 1. The van der Waals surface area contributed by atoms with Crippen LogP contribution in [0.5, 0.6) is 5.75 Å². The molecule has 1 aromatic rings. The number of hydrogen-bond donors (Lipinski definition) is 1. The van der Waals surface area contributed by atoms with Crippen LogP contribution in [0, 0.1) is 5.92 Å². The minimum absolute atomic E-state index is 0.0170. The first-order valence-electron chi connectivity index (χ1n) is 7.30. The van der Waals surface area contributed by atoms with Crippen molar-refractivity contribution in [2.75, 3.05) is 37.5 Å². The topological polar surface area (TPSA) is 92.8 Å². The lowest BCUT2D eigenvalue weighted by Gasteiger charge is -2.20. The molecular formula is C15H19ClN2O5S. The van der Waals surface area contributed by atoms with Gasteiger partial charge < -0.3 is 15.0 Å². The Morgan fingerprint density at radius 3 is 2.71 bits per heavy atom. The number of halogens is 1. The fourth-order valence-electron chi connectivity index (χ4n) is 2.56. The van der Waals surface area contributed by atoms with Gasteiger partial charge in [0.25, 0.3) is 0 Å². The van der Waals surface area contributed by atoms with E-state index in [9.17, 15) is 18.0 Å². The molecule has 7 nitrogen and oxygen atoms in total. The maximum atomic E-state index is 12.2. The van der Waals surface area contributed by atoms with Crippen molar-refractivity contribution >= 4 is 38.9 Å². The van der Waals surface area contributed by atoms with Crippen LogP contribution < -0.4 is 10.1 Å². The zero-order chi connectivity index (χ0) is 17.9. The summed E-state index contributed by atoms with van der Waals surface area (Å²) in [7, 11) is -0.202. The number of anilines is 1. The van der Waals surface area contributed by atoms with Gasteiger partial charge in [-0.05, 0) is 24.6 Å². The quantitative estimate of drug-likeness (QED) is 0.835. The lowest BCUT2D eigenvalue weighted by molar-refractivity contribution is -0.136. The van der Waals surface area contributed by atoms with E-state index in [1.165, 1.54) is 19.1 Å². The first-order valence-corrected chi connectivity index (χ1v) is 9.50. The summed E-state index contributed by atoms with van der Waals surface area (Å²) in [5.41, 5.74) is 0.402. The number of rotatable bonds is 5. The van der Waals surface area contributed by atoms with E-state index < -0.39 is 21.7 Å². The van der Waals surface area contributed by atoms with E-state index in [0.717, 1.165) is 0 Å². The van der Waals surface area contributed by atoms with Gasteiger partial charge in [0.2, 0.25) is 11.8 Å². The molecule has 0 radical (unpaired) electrons. The molecule has 0 spiro atoms. The maximum Gasteiger partial charge on any atom is 0.244 e. The molecule has 2 amide bonds. The third-order valence-electron chi connectivity index (χ3n) is 3.77. The molecule has 1 fully saturated rings. The van der Waals surface area contributed by atoms with Gasteiger partial charge in [-0.1, -0.05) is 11.6 Å². The van der Waals surface area contributed by atoms with Crippen LogP contribution >= 0.6 is 11.6 Å². The summed E-state index contributed by atoms with van der Waals surface area (Å²) in [5.74, 6) is -1.03. The van der Waals surface area contributed by atoms with Crippen molar-refractivity contribution in [3.63, 3.8) is 0 Å². The van der Waals surface area contributed by atoms with Crippen molar-refractivity contribution in [3.8, 4) is 5.75 Å². The molecule has 132 valence electrons. The number of carbonyl (C=O) groups excluding carboxylic acids is 2. The Hall–Kier alpha value is -1.80. The molecule has 1 N–H and O–H groups in total. The molecule has 1 aromatic carbocycles. The molecule has 0 saturated carbocycles. The summed E-state index contributed by atoms with van der Waals surface area (Å²) in [6, 6.07) is 4.80. The standard InChI is InChI=1S/C15H19ClN2O5S/c1-18(15(20)10-5-6-24(21,22)9-10)8-14(19)17-12-7-11(16)3-4-13(12)23-2/h3-4,7,10H,5-6,8-9H2,1-2H3,(H,17,19). The summed E-state index contributed by atoms with van der Waals surface area (Å²) in [6.07, 6.45) is 0.301. The van der Waals surface area contributed by atoms with Gasteiger partial charge in [-0.25, -0.2) is 8.42 Å². The van der Waals surface area contributed by atoms with Gasteiger partial charge in [-0.15, -0.1) is 0 Å². The van der Waals surface area contributed by atoms with E-state index in [1.54, 1.807) is 18.2 Å². The smallest absolute Gasteiger partial charge is 0.244 e. The van der Waals surface area contributed by atoms with Crippen LogP contribution in [0.15, 0.2) is 18.2 Å². The monoisotopic (exact) mass is 374 g/mol. The number of nitrogens with one attached hydrogen (secondary N) is 1. The minimum atomic E-state index is -3.14. The Bertz CT molecular complexity index is 750. The Kier molecular flexibility index (Phi) is 5.71. The summed E-state index contributed by atoms with van der Waals surface area (Å²) in [5, 5.41) is 3.07.